The van der Waals surface area contributed by atoms with Crippen molar-refractivity contribution in [1.29, 1.82) is 0 Å². The number of aromatic nitrogens is 2. The van der Waals surface area contributed by atoms with Gasteiger partial charge in [0.2, 0.25) is 11.7 Å². The van der Waals surface area contributed by atoms with Crippen LogP contribution in [0.5, 0.6) is 0 Å². The van der Waals surface area contributed by atoms with Crippen molar-refractivity contribution < 1.29 is 14.1 Å². The molecule has 20 heavy (non-hydrogen) atoms. The molecule has 6 heteroatoms. The highest BCUT2D eigenvalue weighted by atomic mass is 32.1. The van der Waals surface area contributed by atoms with Gasteiger partial charge in [0.05, 0.1) is 6.61 Å². The first-order valence-corrected chi connectivity index (χ1v) is 7.52. The van der Waals surface area contributed by atoms with Gasteiger partial charge in [-0.1, -0.05) is 19.0 Å². The lowest BCUT2D eigenvalue weighted by Crippen LogP contribution is -2.21. The van der Waals surface area contributed by atoms with Crippen LogP contribution in [0, 0.1) is 12.8 Å². The largest absolute Gasteiger partial charge is 0.465 e. The third-order valence-corrected chi connectivity index (χ3v) is 3.87. The second kappa shape index (κ2) is 6.17. The predicted octanol–water partition coefficient (Wildman–Crippen LogP) is 3.41. The molecule has 0 saturated heterocycles. The average molecular weight is 294 g/mol. The lowest BCUT2D eigenvalue weighted by molar-refractivity contribution is -0.146. The van der Waals surface area contributed by atoms with Gasteiger partial charge in [0.25, 0.3) is 0 Å². The maximum atomic E-state index is 12.0. The third-order valence-electron chi connectivity index (χ3n) is 3.01. The van der Waals surface area contributed by atoms with Crippen molar-refractivity contribution in [2.75, 3.05) is 6.61 Å². The summed E-state index contributed by atoms with van der Waals surface area (Å²) in [6.07, 6.45) is 0. The van der Waals surface area contributed by atoms with Gasteiger partial charge in [-0.2, -0.15) is 16.3 Å². The van der Waals surface area contributed by atoms with Crippen LogP contribution in [0.3, 0.4) is 0 Å². The Kier molecular flexibility index (Phi) is 4.54. The highest BCUT2D eigenvalue weighted by Gasteiger charge is 2.31. The fraction of sp³-hybridized carbons (Fsp3) is 0.500. The van der Waals surface area contributed by atoms with Crippen molar-refractivity contribution in [3.8, 4) is 11.4 Å². The molecule has 0 aromatic carbocycles. The summed E-state index contributed by atoms with van der Waals surface area (Å²) in [6, 6.07) is 0. The molecule has 2 aromatic rings. The Bertz CT molecular complexity index is 589. The molecule has 108 valence electrons. The van der Waals surface area contributed by atoms with E-state index in [1.165, 1.54) is 0 Å². The monoisotopic (exact) mass is 294 g/mol. The lowest BCUT2D eigenvalue weighted by Gasteiger charge is -2.14. The zero-order valence-corrected chi connectivity index (χ0v) is 12.9. The lowest BCUT2D eigenvalue weighted by atomic mass is 9.96. The molecule has 0 amide bonds. The van der Waals surface area contributed by atoms with Crippen molar-refractivity contribution in [2.45, 2.75) is 33.6 Å². The summed E-state index contributed by atoms with van der Waals surface area (Å²) in [4.78, 5) is 16.4. The topological polar surface area (TPSA) is 65.2 Å². The van der Waals surface area contributed by atoms with Crippen LogP contribution >= 0.6 is 11.3 Å². The van der Waals surface area contributed by atoms with Gasteiger partial charge in [0, 0.05) is 10.9 Å². The summed E-state index contributed by atoms with van der Waals surface area (Å²) < 4.78 is 10.4. The molecule has 5 nitrogen and oxygen atoms in total. The zero-order valence-electron chi connectivity index (χ0n) is 12.0. The molecular weight excluding hydrogens is 276 g/mol. The minimum atomic E-state index is -0.518. The zero-order chi connectivity index (χ0) is 14.7. The quantitative estimate of drug-likeness (QED) is 0.791. The molecular formula is C14H18N2O3S. The van der Waals surface area contributed by atoms with Gasteiger partial charge in [-0.3, -0.25) is 4.79 Å². The molecule has 0 fully saturated rings. The van der Waals surface area contributed by atoms with Crippen LogP contribution in [0.2, 0.25) is 0 Å². The minimum absolute atomic E-state index is 0.0333. The van der Waals surface area contributed by atoms with E-state index in [0.717, 1.165) is 11.1 Å². The maximum absolute atomic E-state index is 12.0. The van der Waals surface area contributed by atoms with E-state index in [-0.39, 0.29) is 11.9 Å². The summed E-state index contributed by atoms with van der Waals surface area (Å²) in [6.45, 7) is 7.98. The highest BCUT2D eigenvalue weighted by Crippen LogP contribution is 2.29. The van der Waals surface area contributed by atoms with Crippen LogP contribution < -0.4 is 0 Å². The normalized spacial score (nSPS) is 12.7. The predicted molar refractivity (Wildman–Crippen MR) is 76.6 cm³/mol. The molecule has 2 rings (SSSR count). The van der Waals surface area contributed by atoms with Crippen LogP contribution in [0.1, 0.15) is 38.1 Å². The molecule has 0 spiro atoms. The third kappa shape index (κ3) is 2.90. The Labute approximate surface area is 122 Å². The number of nitrogens with zero attached hydrogens (tertiary/aromatic N) is 2. The summed E-state index contributed by atoms with van der Waals surface area (Å²) in [5, 5.41) is 7.97. The molecule has 2 heterocycles. The second-order valence-electron chi connectivity index (χ2n) is 4.90. The van der Waals surface area contributed by atoms with Gasteiger partial charge in [-0.15, -0.1) is 0 Å². The molecule has 0 aliphatic carbocycles. The van der Waals surface area contributed by atoms with Crippen molar-refractivity contribution in [1.82, 2.24) is 10.1 Å². The van der Waals surface area contributed by atoms with Crippen LogP contribution in [0.15, 0.2) is 15.3 Å². The van der Waals surface area contributed by atoms with Crippen molar-refractivity contribution in [3.63, 3.8) is 0 Å². The number of esters is 1. The number of hydrogen-bond donors (Lipinski definition) is 0. The van der Waals surface area contributed by atoms with Gasteiger partial charge >= 0.3 is 5.97 Å². The van der Waals surface area contributed by atoms with E-state index in [4.69, 9.17) is 9.26 Å². The molecule has 0 radical (unpaired) electrons. The SMILES string of the molecule is CCOC(=O)C(c1nc(-c2cscc2C)no1)C(C)C. The van der Waals surface area contributed by atoms with Gasteiger partial charge in [0.1, 0.15) is 5.92 Å². The van der Waals surface area contributed by atoms with Gasteiger partial charge < -0.3 is 9.26 Å². The molecule has 0 saturated carbocycles. The number of aryl methyl sites for hydroxylation is 1. The number of carbonyl (C=O) groups is 1. The van der Waals surface area contributed by atoms with Crippen LogP contribution in [0.25, 0.3) is 11.4 Å². The van der Waals surface area contributed by atoms with E-state index < -0.39 is 5.92 Å². The number of ether oxygens (including phenoxy) is 1. The van der Waals surface area contributed by atoms with Crippen molar-refractivity contribution >= 4 is 17.3 Å². The van der Waals surface area contributed by atoms with E-state index >= 15 is 0 Å². The molecule has 0 aliphatic heterocycles. The van der Waals surface area contributed by atoms with Crippen LogP contribution in [-0.2, 0) is 9.53 Å². The molecule has 1 atom stereocenters. The first kappa shape index (κ1) is 14.7. The first-order chi connectivity index (χ1) is 9.54. The van der Waals surface area contributed by atoms with Crippen molar-refractivity contribution in [3.05, 3.63) is 22.2 Å². The first-order valence-electron chi connectivity index (χ1n) is 6.58. The van der Waals surface area contributed by atoms with Crippen molar-refractivity contribution in [2.24, 2.45) is 5.92 Å². The molecule has 1 unspecified atom stereocenters. The highest BCUT2D eigenvalue weighted by molar-refractivity contribution is 7.08. The second-order valence-corrected chi connectivity index (χ2v) is 5.64. The van der Waals surface area contributed by atoms with Gasteiger partial charge in [-0.05, 0) is 30.7 Å². The van der Waals surface area contributed by atoms with E-state index in [2.05, 4.69) is 10.1 Å². The molecule has 0 aliphatic rings. The Morgan fingerprint density at radius 1 is 1.45 bits per heavy atom. The number of hydrogen-bond acceptors (Lipinski definition) is 6. The number of carbonyl (C=O) groups excluding carboxylic acids is 1. The molecule has 0 N–H and O–H groups in total. The fourth-order valence-corrected chi connectivity index (χ4v) is 2.78. The average Bonchev–Trinajstić information content (AvgIpc) is 2.98. The standard InChI is InChI=1S/C14H18N2O3S/c1-5-18-14(17)11(8(2)3)13-15-12(16-19-13)10-7-20-6-9(10)4/h6-8,11H,5H2,1-4H3. The smallest absolute Gasteiger partial charge is 0.318 e. The summed E-state index contributed by atoms with van der Waals surface area (Å²) in [5.41, 5.74) is 2.04. The van der Waals surface area contributed by atoms with Gasteiger partial charge in [0.15, 0.2) is 0 Å². The summed E-state index contributed by atoms with van der Waals surface area (Å²) in [7, 11) is 0. The molecule has 0 bridgehead atoms. The number of thiophene rings is 1. The van der Waals surface area contributed by atoms with Crippen LogP contribution in [0.4, 0.5) is 0 Å². The Morgan fingerprint density at radius 3 is 2.75 bits per heavy atom. The van der Waals surface area contributed by atoms with E-state index in [9.17, 15) is 4.79 Å². The Hall–Kier alpha value is -1.69. The minimum Gasteiger partial charge on any atom is -0.465 e. The molecule has 2 aromatic heterocycles. The fourth-order valence-electron chi connectivity index (χ4n) is 1.95. The summed E-state index contributed by atoms with van der Waals surface area (Å²) in [5.74, 6) is 0.0357. The Morgan fingerprint density at radius 2 is 2.20 bits per heavy atom. The Balaban J connectivity index is 2.30. The number of rotatable bonds is 5. The van der Waals surface area contributed by atoms with E-state index in [1.54, 1.807) is 18.3 Å². The van der Waals surface area contributed by atoms with E-state index in [1.807, 2.05) is 31.5 Å². The van der Waals surface area contributed by atoms with Gasteiger partial charge in [-0.25, -0.2) is 0 Å². The van der Waals surface area contributed by atoms with Crippen LogP contribution in [-0.4, -0.2) is 22.7 Å². The summed E-state index contributed by atoms with van der Waals surface area (Å²) >= 11 is 1.59. The van der Waals surface area contributed by atoms with E-state index in [0.29, 0.717) is 18.3 Å². The maximum Gasteiger partial charge on any atom is 0.318 e.